The largest absolute Gasteiger partial charge is 0.382 e. The Labute approximate surface area is 241 Å². The lowest BCUT2D eigenvalue weighted by Gasteiger charge is -2.42. The first-order valence-electron chi connectivity index (χ1n) is 14.8. The highest BCUT2D eigenvalue weighted by Gasteiger charge is 2.33. The van der Waals surface area contributed by atoms with Crippen molar-refractivity contribution in [3.63, 3.8) is 0 Å². The molecule has 1 fully saturated rings. The van der Waals surface area contributed by atoms with Crippen LogP contribution in [0, 0.1) is 11.3 Å². The van der Waals surface area contributed by atoms with Crippen molar-refractivity contribution in [1.29, 1.82) is 0 Å². The van der Waals surface area contributed by atoms with E-state index in [0.29, 0.717) is 17.2 Å². The Hall–Kier alpha value is -2.19. The number of fused-ring (bicyclic) bond motifs is 3. The normalized spacial score (nSPS) is 16.9. The van der Waals surface area contributed by atoms with Crippen molar-refractivity contribution in [2.45, 2.75) is 78.4 Å². The van der Waals surface area contributed by atoms with Gasteiger partial charge in [0.2, 0.25) is 0 Å². The number of aromatic nitrogens is 3. The molecular formula is C31H51N7S. The van der Waals surface area contributed by atoms with E-state index in [1.807, 2.05) is 0 Å². The molecule has 1 aromatic carbocycles. The summed E-state index contributed by atoms with van der Waals surface area (Å²) in [5, 5.41) is 3.22. The summed E-state index contributed by atoms with van der Waals surface area (Å²) < 4.78 is 2.22. The third-order valence-corrected chi connectivity index (χ3v) is 8.22. The van der Waals surface area contributed by atoms with E-state index >= 15 is 0 Å². The smallest absolute Gasteiger partial charge is 0.152 e. The van der Waals surface area contributed by atoms with Crippen LogP contribution in [0.1, 0.15) is 73.1 Å². The quantitative estimate of drug-likeness (QED) is 0.285. The van der Waals surface area contributed by atoms with E-state index in [9.17, 15) is 0 Å². The first kappa shape index (κ1) is 29.8. The number of thiol groups is 1. The Balaban J connectivity index is 1.54. The Kier molecular flexibility index (Phi) is 8.96. The third kappa shape index (κ3) is 6.94. The van der Waals surface area contributed by atoms with Crippen LogP contribution in [0.4, 0.5) is 11.5 Å². The fourth-order valence-corrected chi connectivity index (χ4v) is 7.54. The van der Waals surface area contributed by atoms with E-state index in [1.165, 1.54) is 12.1 Å². The van der Waals surface area contributed by atoms with Gasteiger partial charge in [0.05, 0.1) is 5.52 Å². The van der Waals surface area contributed by atoms with Gasteiger partial charge in [-0.05, 0) is 55.7 Å². The molecule has 216 valence electrons. The van der Waals surface area contributed by atoms with Crippen LogP contribution in [0.25, 0.3) is 21.9 Å². The van der Waals surface area contributed by atoms with Crippen molar-refractivity contribution >= 4 is 46.1 Å². The second-order valence-corrected chi connectivity index (χ2v) is 14.5. The molecule has 39 heavy (non-hydrogen) atoms. The maximum absolute atomic E-state index is 6.41. The molecule has 1 atom stereocenters. The van der Waals surface area contributed by atoms with Gasteiger partial charge < -0.3 is 15.6 Å². The lowest BCUT2D eigenvalue weighted by Crippen LogP contribution is -2.50. The number of hydrogen-bond donors (Lipinski definition) is 2. The zero-order chi connectivity index (χ0) is 28.5. The monoisotopic (exact) mass is 553 g/mol. The van der Waals surface area contributed by atoms with E-state index < -0.39 is 0 Å². The summed E-state index contributed by atoms with van der Waals surface area (Å²) in [6.07, 6.45) is 5.50. The number of nitrogen functional groups attached to an aromatic ring is 1. The van der Waals surface area contributed by atoms with Crippen LogP contribution in [0.5, 0.6) is 0 Å². The summed E-state index contributed by atoms with van der Waals surface area (Å²) in [5.41, 5.74) is 10.7. The minimum Gasteiger partial charge on any atom is -0.382 e. The van der Waals surface area contributed by atoms with Gasteiger partial charge >= 0.3 is 0 Å². The van der Waals surface area contributed by atoms with Crippen molar-refractivity contribution in [1.82, 2.24) is 19.5 Å². The molecule has 4 rings (SSSR count). The second kappa shape index (κ2) is 11.7. The minimum absolute atomic E-state index is 0.000779. The summed E-state index contributed by atoms with van der Waals surface area (Å²) in [4.78, 5) is 14.8. The Morgan fingerprint density at radius 1 is 1.08 bits per heavy atom. The second-order valence-electron chi connectivity index (χ2n) is 13.4. The highest BCUT2D eigenvalue weighted by molar-refractivity contribution is 7.81. The van der Waals surface area contributed by atoms with Gasteiger partial charge in [0.25, 0.3) is 0 Å². The van der Waals surface area contributed by atoms with Gasteiger partial charge in [0.1, 0.15) is 16.9 Å². The number of unbranched alkanes of at least 4 members (excludes halogenated alkanes) is 1. The highest BCUT2D eigenvalue weighted by Crippen LogP contribution is 2.38. The van der Waals surface area contributed by atoms with Crippen LogP contribution in [0.15, 0.2) is 18.2 Å². The molecule has 1 saturated heterocycles. The molecule has 0 spiro atoms. The summed E-state index contributed by atoms with van der Waals surface area (Å²) in [6.45, 7) is 19.1. The zero-order valence-electron chi connectivity index (χ0n) is 25.6. The number of aryl methyl sites for hydroxylation is 1. The molecule has 0 radical (unpaired) electrons. The van der Waals surface area contributed by atoms with Gasteiger partial charge in [-0.3, -0.25) is 4.90 Å². The number of imidazole rings is 1. The predicted octanol–water partition coefficient (Wildman–Crippen LogP) is 5.98. The van der Waals surface area contributed by atoms with Crippen LogP contribution < -0.4 is 15.6 Å². The fraction of sp³-hybridized carbons (Fsp3) is 0.677. The van der Waals surface area contributed by atoms with Gasteiger partial charge in [-0.15, -0.1) is 0 Å². The summed E-state index contributed by atoms with van der Waals surface area (Å²) >= 11 is 5.15. The van der Waals surface area contributed by atoms with Gasteiger partial charge in [0, 0.05) is 69.1 Å². The van der Waals surface area contributed by atoms with Crippen LogP contribution in [-0.2, 0) is 6.42 Å². The van der Waals surface area contributed by atoms with Crippen molar-refractivity contribution < 1.29 is 0 Å². The van der Waals surface area contributed by atoms with Crippen molar-refractivity contribution in [3.8, 4) is 0 Å². The van der Waals surface area contributed by atoms with Gasteiger partial charge in [-0.2, -0.15) is 12.6 Å². The predicted molar refractivity (Wildman–Crippen MR) is 172 cm³/mol. The van der Waals surface area contributed by atoms with Crippen LogP contribution in [0.2, 0.25) is 0 Å². The average Bonchev–Trinajstić information content (AvgIpc) is 3.22. The molecule has 0 aliphatic carbocycles. The molecular weight excluding hydrogens is 502 g/mol. The molecule has 0 bridgehead atoms. The van der Waals surface area contributed by atoms with Crippen LogP contribution >= 0.6 is 12.6 Å². The molecule has 1 unspecified atom stereocenters. The lowest BCUT2D eigenvalue weighted by atomic mass is 9.77. The van der Waals surface area contributed by atoms with Gasteiger partial charge in [0.15, 0.2) is 5.82 Å². The topological polar surface area (TPSA) is 66.5 Å². The first-order valence-corrected chi connectivity index (χ1v) is 15.2. The van der Waals surface area contributed by atoms with Crippen molar-refractivity contribution in [3.05, 3.63) is 24.0 Å². The van der Waals surface area contributed by atoms with Gasteiger partial charge in [-0.1, -0.05) is 41.0 Å². The zero-order valence-corrected chi connectivity index (χ0v) is 26.5. The molecule has 2 aromatic heterocycles. The van der Waals surface area contributed by atoms with Crippen molar-refractivity contribution in [2.24, 2.45) is 11.3 Å². The van der Waals surface area contributed by atoms with E-state index in [0.717, 1.165) is 86.2 Å². The van der Waals surface area contributed by atoms with E-state index in [-0.39, 0.29) is 4.75 Å². The molecule has 1 aliphatic heterocycles. The average molecular weight is 554 g/mol. The molecule has 1 aliphatic rings. The Morgan fingerprint density at radius 2 is 1.77 bits per heavy atom. The maximum atomic E-state index is 6.41. The molecule has 0 saturated carbocycles. The summed E-state index contributed by atoms with van der Waals surface area (Å²) in [5.74, 6) is 2.26. The molecule has 2 N–H and O–H groups in total. The van der Waals surface area contributed by atoms with Gasteiger partial charge in [-0.25, -0.2) is 14.6 Å². The Morgan fingerprint density at radius 3 is 2.38 bits per heavy atom. The van der Waals surface area contributed by atoms with Crippen LogP contribution in [0.3, 0.4) is 0 Å². The summed E-state index contributed by atoms with van der Waals surface area (Å²) in [6, 6.07) is 6.61. The molecule has 7 nitrogen and oxygen atoms in total. The minimum atomic E-state index is 0.000779. The fourth-order valence-electron chi connectivity index (χ4n) is 6.91. The third-order valence-electron chi connectivity index (χ3n) is 7.92. The SMILES string of the molecule is CCCCc1nc2c(N)nc3ccc(N4CCN(CC(C)(S)CC(C)(C)CC(C)C)CC4)cc3c2n1N(C)C. The highest BCUT2D eigenvalue weighted by atomic mass is 32.1. The van der Waals surface area contributed by atoms with E-state index in [4.69, 9.17) is 28.3 Å². The van der Waals surface area contributed by atoms with Crippen LogP contribution in [-0.4, -0.2) is 71.1 Å². The van der Waals surface area contributed by atoms with E-state index in [1.54, 1.807) is 0 Å². The number of hydrogen-bond acceptors (Lipinski definition) is 7. The standard InChI is InChI=1S/C31H51N7S/c1-9-10-11-26-34-27-28(38(26)35(7)8)24-18-23(12-13-25(24)33-29(27)32)37-16-14-36(15-17-37)21-31(6,39)20-30(4,5)19-22(2)3/h12-13,18,22,39H,9-11,14-17,19-21H2,1-8H3,(H2,32,33). The lowest BCUT2D eigenvalue weighted by molar-refractivity contribution is 0.186. The first-order chi connectivity index (χ1) is 18.3. The molecule has 8 heteroatoms. The summed E-state index contributed by atoms with van der Waals surface area (Å²) in [7, 11) is 4.14. The number of pyridine rings is 1. The Bertz CT molecular complexity index is 1270. The molecule has 0 amide bonds. The van der Waals surface area contributed by atoms with E-state index in [2.05, 4.69) is 93.3 Å². The number of anilines is 2. The molecule has 3 aromatic rings. The maximum Gasteiger partial charge on any atom is 0.152 e. The number of benzene rings is 1. The molecule has 3 heterocycles. The number of piperazine rings is 1. The number of rotatable bonds is 11. The number of nitrogens with two attached hydrogens (primary N) is 1. The van der Waals surface area contributed by atoms with Crippen molar-refractivity contribution in [2.75, 3.05) is 62.5 Å². The number of nitrogens with zero attached hydrogens (tertiary/aromatic N) is 6.